The molecule has 17 heavy (non-hydrogen) atoms. The summed E-state index contributed by atoms with van der Waals surface area (Å²) in [7, 11) is 1.89. The van der Waals surface area contributed by atoms with Crippen LogP contribution in [0.1, 0.15) is 5.69 Å². The molecule has 0 atom stereocenters. The van der Waals surface area contributed by atoms with E-state index in [4.69, 9.17) is 5.73 Å². The molecule has 1 aromatic heterocycles. The molecule has 5 heteroatoms. The third-order valence-electron chi connectivity index (χ3n) is 2.62. The molecule has 0 amide bonds. The molecule has 0 aliphatic carbocycles. The summed E-state index contributed by atoms with van der Waals surface area (Å²) in [6, 6.07) is 4.84. The monoisotopic (exact) mass is 297 g/mol. The van der Waals surface area contributed by atoms with Gasteiger partial charge in [-0.1, -0.05) is 15.9 Å². The number of imidazole rings is 1. The first-order valence-electron chi connectivity index (χ1n) is 5.29. The summed E-state index contributed by atoms with van der Waals surface area (Å²) >= 11 is 3.34. The van der Waals surface area contributed by atoms with Crippen molar-refractivity contribution >= 4 is 15.9 Å². The van der Waals surface area contributed by atoms with E-state index in [0.717, 1.165) is 10.2 Å². The smallest absolute Gasteiger partial charge is 0.132 e. The van der Waals surface area contributed by atoms with Crippen LogP contribution in [0.4, 0.5) is 4.39 Å². The third kappa shape index (κ3) is 2.40. The summed E-state index contributed by atoms with van der Waals surface area (Å²) in [5, 5.41) is 0. The number of hydrogen-bond donors (Lipinski definition) is 1. The fraction of sp³-hybridized carbons (Fsp3) is 0.250. The molecule has 0 radical (unpaired) electrons. The van der Waals surface area contributed by atoms with E-state index in [1.54, 1.807) is 18.5 Å². The number of nitrogens with two attached hydrogens (primary N) is 1. The lowest BCUT2D eigenvalue weighted by Crippen LogP contribution is -2.07. The van der Waals surface area contributed by atoms with Gasteiger partial charge >= 0.3 is 0 Å². The predicted octanol–water partition coefficient (Wildman–Crippen LogP) is 2.49. The molecule has 0 spiro atoms. The van der Waals surface area contributed by atoms with E-state index in [1.807, 2.05) is 11.6 Å². The van der Waals surface area contributed by atoms with Gasteiger partial charge in [-0.2, -0.15) is 0 Å². The van der Waals surface area contributed by atoms with E-state index in [-0.39, 0.29) is 5.82 Å². The minimum atomic E-state index is -0.273. The number of aromatic nitrogens is 2. The van der Waals surface area contributed by atoms with Crippen LogP contribution in [0.5, 0.6) is 0 Å². The molecule has 1 aromatic carbocycles. The largest absolute Gasteiger partial charge is 0.337 e. The second kappa shape index (κ2) is 4.98. The van der Waals surface area contributed by atoms with Crippen LogP contribution in [-0.4, -0.2) is 16.1 Å². The van der Waals surface area contributed by atoms with Gasteiger partial charge in [-0.25, -0.2) is 9.37 Å². The number of benzene rings is 1. The van der Waals surface area contributed by atoms with Crippen molar-refractivity contribution in [2.75, 3.05) is 6.54 Å². The Kier molecular flexibility index (Phi) is 3.59. The van der Waals surface area contributed by atoms with Crippen molar-refractivity contribution in [3.63, 3.8) is 0 Å². The Balaban J connectivity index is 2.56. The van der Waals surface area contributed by atoms with E-state index in [1.165, 1.54) is 6.07 Å². The van der Waals surface area contributed by atoms with Crippen molar-refractivity contribution in [3.05, 3.63) is 40.5 Å². The standard InChI is InChI=1S/C12H13BrFN3/c1-17-7-16-12(11(17)4-5-15)9-6-8(13)2-3-10(9)14/h2-3,6-7H,4-5,15H2,1H3. The highest BCUT2D eigenvalue weighted by Crippen LogP contribution is 2.27. The maximum absolute atomic E-state index is 13.8. The van der Waals surface area contributed by atoms with Crippen LogP contribution in [0.2, 0.25) is 0 Å². The normalized spacial score (nSPS) is 10.8. The van der Waals surface area contributed by atoms with Gasteiger partial charge in [-0.3, -0.25) is 0 Å². The molecule has 0 bridgehead atoms. The van der Waals surface area contributed by atoms with Gasteiger partial charge in [0.05, 0.1) is 12.0 Å². The van der Waals surface area contributed by atoms with Gasteiger partial charge in [-0.05, 0) is 24.7 Å². The van der Waals surface area contributed by atoms with Crippen LogP contribution in [0.25, 0.3) is 11.3 Å². The van der Waals surface area contributed by atoms with Crippen LogP contribution >= 0.6 is 15.9 Å². The maximum Gasteiger partial charge on any atom is 0.132 e. The van der Waals surface area contributed by atoms with Gasteiger partial charge in [0.1, 0.15) is 5.82 Å². The van der Waals surface area contributed by atoms with E-state index >= 15 is 0 Å². The van der Waals surface area contributed by atoms with Crippen molar-refractivity contribution in [1.82, 2.24) is 9.55 Å². The minimum absolute atomic E-state index is 0.273. The number of aryl methyl sites for hydroxylation is 1. The first-order valence-corrected chi connectivity index (χ1v) is 6.08. The van der Waals surface area contributed by atoms with Gasteiger partial charge in [0.2, 0.25) is 0 Å². The molecule has 90 valence electrons. The minimum Gasteiger partial charge on any atom is -0.337 e. The first kappa shape index (κ1) is 12.3. The Morgan fingerprint density at radius 2 is 2.24 bits per heavy atom. The average molecular weight is 298 g/mol. The molecule has 2 rings (SSSR count). The molecule has 0 saturated carbocycles. The van der Waals surface area contributed by atoms with Gasteiger partial charge in [0, 0.05) is 29.2 Å². The third-order valence-corrected chi connectivity index (χ3v) is 3.12. The zero-order chi connectivity index (χ0) is 12.4. The zero-order valence-corrected chi connectivity index (χ0v) is 11.0. The lowest BCUT2D eigenvalue weighted by Gasteiger charge is -2.06. The summed E-state index contributed by atoms with van der Waals surface area (Å²) in [6.07, 6.45) is 2.36. The van der Waals surface area contributed by atoms with Crippen molar-refractivity contribution < 1.29 is 4.39 Å². The Labute approximate surface area is 108 Å². The SMILES string of the molecule is Cn1cnc(-c2cc(Br)ccc2F)c1CCN. The lowest BCUT2D eigenvalue weighted by atomic mass is 10.1. The van der Waals surface area contributed by atoms with E-state index in [2.05, 4.69) is 20.9 Å². The van der Waals surface area contributed by atoms with Crippen LogP contribution in [-0.2, 0) is 13.5 Å². The summed E-state index contributed by atoms with van der Waals surface area (Å²) in [4.78, 5) is 4.25. The molecule has 0 saturated heterocycles. The summed E-state index contributed by atoms with van der Waals surface area (Å²) in [6.45, 7) is 0.516. The molecular formula is C12H13BrFN3. The van der Waals surface area contributed by atoms with E-state index in [9.17, 15) is 4.39 Å². The Bertz CT molecular complexity index is 537. The maximum atomic E-state index is 13.8. The highest BCUT2D eigenvalue weighted by Gasteiger charge is 2.14. The van der Waals surface area contributed by atoms with E-state index in [0.29, 0.717) is 24.2 Å². The van der Waals surface area contributed by atoms with Gasteiger partial charge in [0.15, 0.2) is 0 Å². The fourth-order valence-corrected chi connectivity index (χ4v) is 2.15. The van der Waals surface area contributed by atoms with Crippen LogP contribution in [0.3, 0.4) is 0 Å². The summed E-state index contributed by atoms with van der Waals surface area (Å²) in [5.41, 5.74) is 7.67. The van der Waals surface area contributed by atoms with Gasteiger partial charge in [-0.15, -0.1) is 0 Å². The van der Waals surface area contributed by atoms with Crippen molar-refractivity contribution in [1.29, 1.82) is 0 Å². The Morgan fingerprint density at radius 3 is 2.94 bits per heavy atom. The van der Waals surface area contributed by atoms with Crippen LogP contribution in [0, 0.1) is 5.82 Å². The first-order chi connectivity index (χ1) is 8.13. The number of halogens is 2. The predicted molar refractivity (Wildman–Crippen MR) is 69.1 cm³/mol. The topological polar surface area (TPSA) is 43.8 Å². The van der Waals surface area contributed by atoms with Gasteiger partial charge in [0.25, 0.3) is 0 Å². The molecule has 2 N–H and O–H groups in total. The summed E-state index contributed by atoms with van der Waals surface area (Å²) < 4.78 is 16.5. The Morgan fingerprint density at radius 1 is 1.47 bits per heavy atom. The molecule has 3 nitrogen and oxygen atoms in total. The van der Waals surface area contributed by atoms with Crippen LogP contribution in [0.15, 0.2) is 29.0 Å². The lowest BCUT2D eigenvalue weighted by molar-refractivity contribution is 0.630. The Hall–Kier alpha value is -1.20. The highest BCUT2D eigenvalue weighted by atomic mass is 79.9. The quantitative estimate of drug-likeness (QED) is 0.946. The van der Waals surface area contributed by atoms with Crippen molar-refractivity contribution in [2.24, 2.45) is 12.8 Å². The molecular weight excluding hydrogens is 285 g/mol. The van der Waals surface area contributed by atoms with Crippen molar-refractivity contribution in [2.45, 2.75) is 6.42 Å². The molecule has 0 aliphatic rings. The second-order valence-corrected chi connectivity index (χ2v) is 4.73. The number of rotatable bonds is 3. The highest BCUT2D eigenvalue weighted by molar-refractivity contribution is 9.10. The fourth-order valence-electron chi connectivity index (χ4n) is 1.79. The van der Waals surface area contributed by atoms with Crippen molar-refractivity contribution in [3.8, 4) is 11.3 Å². The zero-order valence-electron chi connectivity index (χ0n) is 9.45. The second-order valence-electron chi connectivity index (χ2n) is 3.81. The molecule has 0 aliphatic heterocycles. The number of nitrogens with zero attached hydrogens (tertiary/aromatic N) is 2. The summed E-state index contributed by atoms with van der Waals surface area (Å²) in [5.74, 6) is -0.273. The van der Waals surface area contributed by atoms with Crippen LogP contribution < -0.4 is 5.73 Å². The number of hydrogen-bond acceptors (Lipinski definition) is 2. The average Bonchev–Trinajstić information content (AvgIpc) is 2.65. The molecule has 0 unspecified atom stereocenters. The van der Waals surface area contributed by atoms with E-state index < -0.39 is 0 Å². The molecule has 1 heterocycles. The van der Waals surface area contributed by atoms with Gasteiger partial charge < -0.3 is 10.3 Å². The molecule has 2 aromatic rings. The molecule has 0 fully saturated rings.